The summed E-state index contributed by atoms with van der Waals surface area (Å²) >= 11 is 0. The number of hydrogen-bond acceptors (Lipinski definition) is 3. The van der Waals surface area contributed by atoms with Gasteiger partial charge in [0.1, 0.15) is 0 Å². The Morgan fingerprint density at radius 3 is 2.33 bits per heavy atom. The van der Waals surface area contributed by atoms with E-state index < -0.39 is 18.0 Å². The largest absolute Gasteiger partial charge is 0.449 e. The van der Waals surface area contributed by atoms with Crippen LogP contribution in [0.25, 0.3) is 0 Å². The molecular weight excluding hydrogens is 158 g/mol. The van der Waals surface area contributed by atoms with Crippen LogP contribution in [0.5, 0.6) is 0 Å². The monoisotopic (exact) mass is 171 g/mol. The lowest BCUT2D eigenvalue weighted by atomic mass is 10.2. The Morgan fingerprint density at radius 2 is 2.08 bits per heavy atom. The molecule has 0 radical (unpaired) electrons. The van der Waals surface area contributed by atoms with E-state index in [0.29, 0.717) is 6.42 Å². The Morgan fingerprint density at radius 1 is 1.58 bits per heavy atom. The van der Waals surface area contributed by atoms with Crippen LogP contribution in [0.15, 0.2) is 12.2 Å². The molecular formula is C8H13NO3. The molecule has 4 heteroatoms. The molecule has 2 N–H and O–H groups in total. The van der Waals surface area contributed by atoms with Crippen molar-refractivity contribution in [1.29, 1.82) is 0 Å². The van der Waals surface area contributed by atoms with E-state index in [0.717, 1.165) is 0 Å². The number of esters is 1. The molecule has 0 aliphatic rings. The molecule has 0 aromatic rings. The van der Waals surface area contributed by atoms with Crippen LogP contribution in [0.2, 0.25) is 0 Å². The van der Waals surface area contributed by atoms with Gasteiger partial charge in [0.25, 0.3) is 5.91 Å². The molecule has 1 unspecified atom stereocenters. The third kappa shape index (κ3) is 3.18. The minimum absolute atomic E-state index is 0.259. The lowest BCUT2D eigenvalue weighted by Gasteiger charge is -2.11. The van der Waals surface area contributed by atoms with Gasteiger partial charge >= 0.3 is 5.97 Å². The van der Waals surface area contributed by atoms with E-state index in [9.17, 15) is 9.59 Å². The van der Waals surface area contributed by atoms with Gasteiger partial charge in [0.05, 0.1) is 0 Å². The highest BCUT2D eigenvalue weighted by Crippen LogP contribution is 2.01. The van der Waals surface area contributed by atoms with Crippen LogP contribution in [0.3, 0.4) is 0 Å². The molecule has 0 saturated heterocycles. The van der Waals surface area contributed by atoms with Crippen LogP contribution < -0.4 is 5.73 Å². The summed E-state index contributed by atoms with van der Waals surface area (Å²) in [5, 5.41) is 0. The van der Waals surface area contributed by atoms with Crippen LogP contribution in [0.1, 0.15) is 20.3 Å². The molecule has 0 aliphatic heterocycles. The van der Waals surface area contributed by atoms with E-state index in [4.69, 9.17) is 10.5 Å². The van der Waals surface area contributed by atoms with Crippen molar-refractivity contribution in [3.63, 3.8) is 0 Å². The van der Waals surface area contributed by atoms with Crippen LogP contribution in [0.4, 0.5) is 0 Å². The summed E-state index contributed by atoms with van der Waals surface area (Å²) in [6.45, 7) is 6.59. The quantitative estimate of drug-likeness (QED) is 0.490. The van der Waals surface area contributed by atoms with Gasteiger partial charge in [-0.05, 0) is 13.3 Å². The average molecular weight is 171 g/mol. The first-order valence-electron chi connectivity index (χ1n) is 3.64. The number of primary amides is 1. The molecule has 0 bridgehead atoms. The highest BCUT2D eigenvalue weighted by molar-refractivity contribution is 5.90. The number of carbonyl (C=O) groups excluding carboxylic acids is 2. The molecule has 0 fully saturated rings. The van der Waals surface area contributed by atoms with Gasteiger partial charge in [-0.3, -0.25) is 4.79 Å². The summed E-state index contributed by atoms with van der Waals surface area (Å²) in [5.41, 5.74) is 5.21. The Balaban J connectivity index is 4.12. The fraction of sp³-hybridized carbons (Fsp3) is 0.500. The molecule has 0 heterocycles. The summed E-state index contributed by atoms with van der Waals surface area (Å²) in [5.74, 6) is -1.22. The van der Waals surface area contributed by atoms with Crippen molar-refractivity contribution in [3.8, 4) is 0 Å². The Hall–Kier alpha value is -1.32. The first-order valence-corrected chi connectivity index (χ1v) is 3.64. The predicted molar refractivity (Wildman–Crippen MR) is 44.2 cm³/mol. The molecule has 0 aromatic heterocycles. The Labute approximate surface area is 71.4 Å². The lowest BCUT2D eigenvalue weighted by molar-refractivity contribution is -0.151. The van der Waals surface area contributed by atoms with Crippen molar-refractivity contribution in [3.05, 3.63) is 12.2 Å². The van der Waals surface area contributed by atoms with E-state index in [2.05, 4.69) is 6.58 Å². The van der Waals surface area contributed by atoms with Gasteiger partial charge in [-0.15, -0.1) is 0 Å². The summed E-state index contributed by atoms with van der Waals surface area (Å²) in [4.78, 5) is 21.5. The average Bonchev–Trinajstić information content (AvgIpc) is 1.98. The topological polar surface area (TPSA) is 69.4 Å². The maximum absolute atomic E-state index is 10.9. The maximum atomic E-state index is 10.9. The molecule has 12 heavy (non-hydrogen) atoms. The zero-order valence-electron chi connectivity index (χ0n) is 7.29. The lowest BCUT2D eigenvalue weighted by Crippen LogP contribution is -2.32. The van der Waals surface area contributed by atoms with Crippen LogP contribution in [-0.2, 0) is 14.3 Å². The SMILES string of the molecule is C=C(C)C(=O)OC(CC)C(N)=O. The summed E-state index contributed by atoms with van der Waals surface area (Å²) in [7, 11) is 0. The molecule has 0 aliphatic carbocycles. The molecule has 0 aromatic carbocycles. The normalized spacial score (nSPS) is 11.8. The molecule has 1 atom stereocenters. The second kappa shape index (κ2) is 4.54. The van der Waals surface area contributed by atoms with Gasteiger partial charge in [0.2, 0.25) is 0 Å². The number of rotatable bonds is 4. The zero-order chi connectivity index (χ0) is 9.72. The maximum Gasteiger partial charge on any atom is 0.333 e. The van der Waals surface area contributed by atoms with Crippen molar-refractivity contribution in [2.24, 2.45) is 5.73 Å². The number of hydrogen-bond donors (Lipinski definition) is 1. The third-order valence-corrected chi connectivity index (χ3v) is 1.29. The van der Waals surface area contributed by atoms with Crippen molar-refractivity contribution in [1.82, 2.24) is 0 Å². The van der Waals surface area contributed by atoms with Gasteiger partial charge in [0.15, 0.2) is 6.10 Å². The van der Waals surface area contributed by atoms with Crippen LogP contribution in [0, 0.1) is 0 Å². The van der Waals surface area contributed by atoms with Crippen molar-refractivity contribution < 1.29 is 14.3 Å². The fourth-order valence-electron chi connectivity index (χ4n) is 0.572. The zero-order valence-corrected chi connectivity index (χ0v) is 7.29. The smallest absolute Gasteiger partial charge is 0.333 e. The van der Waals surface area contributed by atoms with Gasteiger partial charge in [-0.1, -0.05) is 13.5 Å². The molecule has 68 valence electrons. The highest BCUT2D eigenvalue weighted by Gasteiger charge is 2.17. The minimum atomic E-state index is -0.839. The molecule has 1 amide bonds. The number of ether oxygens (including phenoxy) is 1. The second-order valence-electron chi connectivity index (χ2n) is 2.48. The summed E-state index contributed by atoms with van der Waals surface area (Å²) in [6, 6.07) is 0. The third-order valence-electron chi connectivity index (χ3n) is 1.29. The Kier molecular flexibility index (Phi) is 4.04. The first-order chi connectivity index (χ1) is 5.49. The van der Waals surface area contributed by atoms with Gasteiger partial charge in [-0.25, -0.2) is 4.79 Å². The van der Waals surface area contributed by atoms with Crippen LogP contribution in [-0.4, -0.2) is 18.0 Å². The number of carbonyl (C=O) groups is 2. The first kappa shape index (κ1) is 10.7. The van der Waals surface area contributed by atoms with Crippen molar-refractivity contribution in [2.45, 2.75) is 26.4 Å². The van der Waals surface area contributed by atoms with Crippen molar-refractivity contribution >= 4 is 11.9 Å². The van der Waals surface area contributed by atoms with E-state index in [1.54, 1.807) is 6.92 Å². The molecule has 0 spiro atoms. The van der Waals surface area contributed by atoms with Crippen molar-refractivity contribution in [2.75, 3.05) is 0 Å². The van der Waals surface area contributed by atoms with Crippen LogP contribution >= 0.6 is 0 Å². The fourth-order valence-corrected chi connectivity index (χ4v) is 0.572. The summed E-state index contributed by atoms with van der Waals surface area (Å²) < 4.78 is 4.71. The van der Waals surface area contributed by atoms with E-state index in [1.807, 2.05) is 0 Å². The van der Waals surface area contributed by atoms with Gasteiger partial charge in [0, 0.05) is 5.57 Å². The highest BCUT2D eigenvalue weighted by atomic mass is 16.5. The summed E-state index contributed by atoms with van der Waals surface area (Å²) in [6.07, 6.45) is -0.455. The second-order valence-corrected chi connectivity index (χ2v) is 2.48. The van der Waals surface area contributed by atoms with Gasteiger partial charge < -0.3 is 10.5 Å². The van der Waals surface area contributed by atoms with E-state index >= 15 is 0 Å². The molecule has 0 rings (SSSR count). The molecule has 0 saturated carbocycles. The minimum Gasteiger partial charge on any atom is -0.449 e. The number of amides is 1. The molecule has 4 nitrogen and oxygen atoms in total. The van der Waals surface area contributed by atoms with Gasteiger partial charge in [-0.2, -0.15) is 0 Å². The number of nitrogens with two attached hydrogens (primary N) is 1. The Bertz CT molecular complexity index is 210. The predicted octanol–water partition coefficient (Wildman–Crippen LogP) is 0.370. The van der Waals surface area contributed by atoms with E-state index in [-0.39, 0.29) is 5.57 Å². The standard InChI is InChI=1S/C8H13NO3/c1-4-6(7(9)10)12-8(11)5(2)3/h6H,2,4H2,1,3H3,(H2,9,10). The van der Waals surface area contributed by atoms with E-state index in [1.165, 1.54) is 6.92 Å².